The molecule has 1 unspecified atom stereocenters. The molecule has 1 aliphatic carbocycles. The Morgan fingerprint density at radius 1 is 1.31 bits per heavy atom. The Kier molecular flexibility index (Phi) is 5.59. The van der Waals surface area contributed by atoms with E-state index in [1.165, 1.54) is 23.5 Å². The molecule has 1 aromatic carbocycles. The van der Waals surface area contributed by atoms with Gasteiger partial charge in [-0.05, 0) is 56.9 Å². The third kappa shape index (κ3) is 5.03. The van der Waals surface area contributed by atoms with E-state index in [9.17, 15) is 13.2 Å². The van der Waals surface area contributed by atoms with Crippen LogP contribution >= 0.6 is 11.3 Å². The van der Waals surface area contributed by atoms with Crippen molar-refractivity contribution in [1.82, 2.24) is 15.0 Å². The Morgan fingerprint density at radius 3 is 2.58 bits per heavy atom. The number of aromatic nitrogens is 1. The monoisotopic (exact) mass is 394 g/mol. The molecule has 3 rings (SSSR count). The van der Waals surface area contributed by atoms with Gasteiger partial charge in [0.25, 0.3) is 0 Å². The smallest absolute Gasteiger partial charge is 0.319 e. The first-order valence-corrected chi connectivity index (χ1v) is 10.8. The molecule has 1 heterocycles. The summed E-state index contributed by atoms with van der Waals surface area (Å²) in [4.78, 5) is 16.6. The molecule has 0 bridgehead atoms. The predicted octanol–water partition coefficient (Wildman–Crippen LogP) is 3.02. The second-order valence-electron chi connectivity index (χ2n) is 6.47. The third-order valence-electron chi connectivity index (χ3n) is 4.04. The maximum atomic E-state index is 12.2. The second kappa shape index (κ2) is 7.73. The summed E-state index contributed by atoms with van der Waals surface area (Å²) in [5, 5.41) is 8.28. The molecule has 2 aromatic rings. The number of amides is 2. The lowest BCUT2D eigenvalue weighted by Gasteiger charge is -2.13. The summed E-state index contributed by atoms with van der Waals surface area (Å²) >= 11 is 1.49. The van der Waals surface area contributed by atoms with Gasteiger partial charge in [-0.1, -0.05) is 0 Å². The van der Waals surface area contributed by atoms with E-state index in [1.54, 1.807) is 12.1 Å². The number of thiazole rings is 1. The quantitative estimate of drug-likeness (QED) is 0.672. The molecule has 0 aliphatic heterocycles. The number of anilines is 1. The number of rotatable bonds is 7. The van der Waals surface area contributed by atoms with Gasteiger partial charge in [-0.3, -0.25) is 0 Å². The maximum absolute atomic E-state index is 12.2. The molecule has 0 radical (unpaired) electrons. The van der Waals surface area contributed by atoms with Crippen LogP contribution in [0.3, 0.4) is 0 Å². The summed E-state index contributed by atoms with van der Waals surface area (Å²) in [6, 6.07) is 5.54. The third-order valence-corrected chi connectivity index (χ3v) is 6.62. The average Bonchev–Trinajstić information content (AvgIpc) is 3.33. The first-order valence-electron chi connectivity index (χ1n) is 8.43. The van der Waals surface area contributed by atoms with Crippen molar-refractivity contribution >= 4 is 33.1 Å². The number of carbonyl (C=O) groups excluding carboxylic acids is 1. The number of sulfonamides is 1. The molecule has 1 atom stereocenters. The number of hydrogen-bond donors (Lipinski definition) is 3. The summed E-state index contributed by atoms with van der Waals surface area (Å²) in [5.41, 5.74) is 1.44. The Labute approximate surface area is 157 Å². The minimum Gasteiger partial charge on any atom is -0.329 e. The number of carbonyl (C=O) groups is 1. The number of benzene rings is 1. The van der Waals surface area contributed by atoms with Crippen LogP contribution < -0.4 is 15.4 Å². The molecule has 140 valence electrons. The molecule has 1 fully saturated rings. The van der Waals surface area contributed by atoms with Crippen molar-refractivity contribution in [1.29, 1.82) is 0 Å². The van der Waals surface area contributed by atoms with Gasteiger partial charge in [-0.2, -0.15) is 0 Å². The number of hydrogen-bond acceptors (Lipinski definition) is 5. The summed E-state index contributed by atoms with van der Waals surface area (Å²) in [5.74, 6) is 0.470. The topological polar surface area (TPSA) is 100 Å². The maximum Gasteiger partial charge on any atom is 0.319 e. The van der Waals surface area contributed by atoms with Gasteiger partial charge in [0.2, 0.25) is 10.0 Å². The molecule has 0 saturated heterocycles. The van der Waals surface area contributed by atoms with E-state index in [2.05, 4.69) is 20.3 Å². The van der Waals surface area contributed by atoms with Crippen molar-refractivity contribution in [3.05, 3.63) is 40.3 Å². The average molecular weight is 395 g/mol. The van der Waals surface area contributed by atoms with E-state index in [0.717, 1.165) is 23.5 Å². The number of nitrogens with zero attached hydrogens (tertiary/aromatic N) is 1. The normalized spacial score (nSPS) is 15.5. The van der Waals surface area contributed by atoms with E-state index >= 15 is 0 Å². The van der Waals surface area contributed by atoms with Crippen LogP contribution in [0.25, 0.3) is 0 Å². The highest BCUT2D eigenvalue weighted by molar-refractivity contribution is 7.89. The standard InChI is InChI=1S/C17H22N4O3S2/c1-11-10-25-16(19-11)12(2)20-17(22)21-14-5-7-15(8-6-14)26(23,24)18-9-13-3-4-13/h5-8,10,12-13,18H,3-4,9H2,1-2H3,(H2,20,21,22). The fourth-order valence-corrected chi connectivity index (χ4v) is 4.27. The summed E-state index contributed by atoms with van der Waals surface area (Å²) in [7, 11) is -3.50. The molecule has 3 N–H and O–H groups in total. The van der Waals surface area contributed by atoms with Crippen molar-refractivity contribution in [3.63, 3.8) is 0 Å². The first kappa shape index (κ1) is 18.8. The first-order chi connectivity index (χ1) is 12.3. The lowest BCUT2D eigenvalue weighted by atomic mass is 10.3. The highest BCUT2D eigenvalue weighted by Crippen LogP contribution is 2.28. The Bertz CT molecular complexity index is 874. The lowest BCUT2D eigenvalue weighted by molar-refractivity contribution is 0.249. The molecular weight excluding hydrogens is 372 g/mol. The number of urea groups is 1. The molecule has 0 spiro atoms. The summed E-state index contributed by atoms with van der Waals surface area (Å²) < 4.78 is 27.0. The van der Waals surface area contributed by atoms with Gasteiger partial charge in [-0.15, -0.1) is 11.3 Å². The summed E-state index contributed by atoms with van der Waals surface area (Å²) in [6.07, 6.45) is 2.17. The van der Waals surface area contributed by atoms with Gasteiger partial charge in [-0.25, -0.2) is 22.9 Å². The minimum atomic E-state index is -3.50. The van der Waals surface area contributed by atoms with Crippen LogP contribution in [-0.2, 0) is 10.0 Å². The van der Waals surface area contributed by atoms with E-state index in [1.807, 2.05) is 19.2 Å². The Hall–Kier alpha value is -1.97. The zero-order chi connectivity index (χ0) is 18.7. The predicted molar refractivity (Wildman–Crippen MR) is 102 cm³/mol. The van der Waals surface area contributed by atoms with Crippen LogP contribution in [0.1, 0.15) is 36.5 Å². The zero-order valence-electron chi connectivity index (χ0n) is 14.7. The lowest BCUT2D eigenvalue weighted by Crippen LogP contribution is -2.31. The van der Waals surface area contributed by atoms with Crippen LogP contribution in [0.15, 0.2) is 34.5 Å². The van der Waals surface area contributed by atoms with Gasteiger partial charge in [0.15, 0.2) is 0 Å². The van der Waals surface area contributed by atoms with E-state index in [4.69, 9.17) is 0 Å². The van der Waals surface area contributed by atoms with Crippen LogP contribution in [-0.4, -0.2) is 26.0 Å². The van der Waals surface area contributed by atoms with Gasteiger partial charge in [0.1, 0.15) is 5.01 Å². The molecule has 7 nitrogen and oxygen atoms in total. The molecular formula is C17H22N4O3S2. The second-order valence-corrected chi connectivity index (χ2v) is 9.12. The van der Waals surface area contributed by atoms with Crippen molar-refractivity contribution in [3.8, 4) is 0 Å². The molecule has 1 aliphatic rings. The molecule has 9 heteroatoms. The van der Waals surface area contributed by atoms with Crippen molar-refractivity contribution in [2.75, 3.05) is 11.9 Å². The Morgan fingerprint density at radius 2 is 2.00 bits per heavy atom. The zero-order valence-corrected chi connectivity index (χ0v) is 16.3. The number of nitrogens with one attached hydrogen (secondary N) is 3. The van der Waals surface area contributed by atoms with Crippen molar-refractivity contribution in [2.24, 2.45) is 5.92 Å². The van der Waals surface area contributed by atoms with E-state index < -0.39 is 10.0 Å². The highest BCUT2D eigenvalue weighted by Gasteiger charge is 2.24. The van der Waals surface area contributed by atoms with Crippen LogP contribution in [0.2, 0.25) is 0 Å². The van der Waals surface area contributed by atoms with Gasteiger partial charge in [0, 0.05) is 23.3 Å². The van der Waals surface area contributed by atoms with Gasteiger partial charge in [0.05, 0.1) is 10.9 Å². The highest BCUT2D eigenvalue weighted by atomic mass is 32.2. The van der Waals surface area contributed by atoms with Gasteiger partial charge >= 0.3 is 6.03 Å². The molecule has 1 aromatic heterocycles. The summed E-state index contributed by atoms with van der Waals surface area (Å²) in [6.45, 7) is 4.25. The van der Waals surface area contributed by atoms with Crippen molar-refractivity contribution < 1.29 is 13.2 Å². The van der Waals surface area contributed by atoms with Crippen LogP contribution in [0.5, 0.6) is 0 Å². The van der Waals surface area contributed by atoms with Crippen molar-refractivity contribution in [2.45, 2.75) is 37.6 Å². The van der Waals surface area contributed by atoms with Gasteiger partial charge < -0.3 is 10.6 Å². The van der Waals surface area contributed by atoms with Crippen LogP contribution in [0, 0.1) is 12.8 Å². The number of aryl methyl sites for hydroxylation is 1. The molecule has 2 amide bonds. The fraction of sp³-hybridized carbons (Fsp3) is 0.412. The van der Waals surface area contributed by atoms with E-state index in [0.29, 0.717) is 18.2 Å². The molecule has 26 heavy (non-hydrogen) atoms. The SMILES string of the molecule is Cc1csc(C(C)NC(=O)Nc2ccc(S(=O)(=O)NCC3CC3)cc2)n1. The fourth-order valence-electron chi connectivity index (χ4n) is 2.35. The van der Waals surface area contributed by atoms with E-state index in [-0.39, 0.29) is 17.0 Å². The molecule has 1 saturated carbocycles. The minimum absolute atomic E-state index is 0.190. The Balaban J connectivity index is 1.55. The largest absolute Gasteiger partial charge is 0.329 e. The van der Waals surface area contributed by atoms with Crippen LogP contribution in [0.4, 0.5) is 10.5 Å².